The number of nitrogens with zero attached hydrogens (tertiary/aromatic N) is 1. The molecule has 1 heterocycles. The van der Waals surface area contributed by atoms with E-state index in [4.69, 9.17) is 0 Å². The minimum absolute atomic E-state index is 0. The van der Waals surface area contributed by atoms with E-state index in [-0.39, 0.29) is 32.7 Å². The molecule has 0 aliphatic carbocycles. The summed E-state index contributed by atoms with van der Waals surface area (Å²) in [7, 11) is 0. The average molecular weight is 217 g/mol. The van der Waals surface area contributed by atoms with Crippen LogP contribution in [0.4, 0.5) is 0 Å². The molecule has 1 rings (SSSR count). The quantitative estimate of drug-likeness (QED) is 0.606. The molecule has 1 aliphatic rings. The molecule has 0 amide bonds. The monoisotopic (exact) mass is 217 g/mol. The molecule has 0 unspecified atom stereocenters. The van der Waals surface area contributed by atoms with Gasteiger partial charge in [-0.2, -0.15) is 13.8 Å². The zero-order valence-electron chi connectivity index (χ0n) is 6.93. The van der Waals surface area contributed by atoms with E-state index in [0.717, 1.165) is 26.2 Å². The van der Waals surface area contributed by atoms with Crippen LogP contribution >= 0.6 is 0 Å². The van der Waals surface area contributed by atoms with Crippen LogP contribution in [-0.4, -0.2) is 26.2 Å². The van der Waals surface area contributed by atoms with E-state index in [1.807, 2.05) is 20.3 Å². The molecule has 0 aromatic rings. The second-order valence-corrected chi connectivity index (χ2v) is 2.00. The van der Waals surface area contributed by atoms with E-state index >= 15 is 0 Å². The zero-order valence-corrected chi connectivity index (χ0v) is 9.77. The van der Waals surface area contributed by atoms with Gasteiger partial charge in [0.15, 0.2) is 0 Å². The van der Waals surface area contributed by atoms with Crippen LogP contribution in [0, 0.1) is 6.42 Å². The third-order valence-corrected chi connectivity index (χ3v) is 0.893. The first-order valence-corrected chi connectivity index (χ1v) is 3.49. The van der Waals surface area contributed by atoms with Crippen molar-refractivity contribution in [1.29, 1.82) is 0 Å². The summed E-state index contributed by atoms with van der Waals surface area (Å²) in [6, 6.07) is 0. The maximum Gasteiger partial charge on any atom is 0 e. The van der Waals surface area contributed by atoms with Crippen molar-refractivity contribution in [3.8, 4) is 0 Å². The first kappa shape index (κ1) is 13.6. The summed E-state index contributed by atoms with van der Waals surface area (Å²) in [5.74, 6) is 0. The first-order chi connectivity index (χ1) is 4.41. The Labute approximate surface area is 89.4 Å². The molecule has 1 aliphatic heterocycles. The number of hydrogen-bond acceptors (Lipinski definition) is 1. The molecule has 1 saturated heterocycles. The van der Waals surface area contributed by atoms with E-state index < -0.39 is 0 Å². The van der Waals surface area contributed by atoms with Gasteiger partial charge in [-0.3, -0.25) is 0 Å². The summed E-state index contributed by atoms with van der Waals surface area (Å²) in [6.45, 7) is 8.19. The Morgan fingerprint density at radius 3 is 1.70 bits per heavy atom. The third kappa shape index (κ3) is 11.8. The van der Waals surface area contributed by atoms with Gasteiger partial charge in [-0.1, -0.05) is 0 Å². The van der Waals surface area contributed by atoms with Crippen molar-refractivity contribution in [1.82, 2.24) is 5.32 Å². The van der Waals surface area contributed by atoms with Crippen molar-refractivity contribution >= 4 is 0 Å². The number of piperazine rings is 1. The van der Waals surface area contributed by atoms with Crippen molar-refractivity contribution in [2.45, 2.75) is 13.8 Å². The summed E-state index contributed by atoms with van der Waals surface area (Å²) < 4.78 is 0. The molecule has 59 valence electrons. The molecule has 0 aromatic carbocycles. The molecule has 10 heavy (non-hydrogen) atoms. The minimum atomic E-state index is 0. The van der Waals surface area contributed by atoms with Crippen molar-refractivity contribution in [3.63, 3.8) is 0 Å². The molecule has 0 atom stereocenters. The maximum absolute atomic E-state index is 4.11. The topological polar surface area (TPSA) is 26.1 Å². The summed E-state index contributed by atoms with van der Waals surface area (Å²) in [6.07, 6.45) is 2.00. The van der Waals surface area contributed by atoms with Gasteiger partial charge in [0, 0.05) is 32.7 Å². The van der Waals surface area contributed by atoms with Crippen LogP contribution in [0.3, 0.4) is 0 Å². The van der Waals surface area contributed by atoms with Crippen molar-refractivity contribution in [2.24, 2.45) is 0 Å². The Hall–Kier alpha value is 1.02. The molecule has 1 N–H and O–H groups in total. The average Bonchev–Trinajstić information content (AvgIpc) is 1.93. The van der Waals surface area contributed by atoms with E-state index in [1.165, 1.54) is 0 Å². The molecule has 1 radical (unpaired) electrons. The minimum Gasteiger partial charge on any atom is -0.660 e. The Bertz CT molecular complexity index is 35.4. The van der Waals surface area contributed by atoms with E-state index in [1.54, 1.807) is 0 Å². The van der Waals surface area contributed by atoms with Crippen LogP contribution in [0.1, 0.15) is 13.8 Å². The van der Waals surface area contributed by atoms with Gasteiger partial charge in [0.2, 0.25) is 0 Å². The molecule has 1 fully saturated rings. The number of nitrogens with one attached hydrogen (secondary N) is 1. The van der Waals surface area contributed by atoms with E-state index in [9.17, 15) is 0 Å². The summed E-state index contributed by atoms with van der Waals surface area (Å²) in [5.41, 5.74) is 0. The molecule has 0 saturated carbocycles. The largest absolute Gasteiger partial charge is 0.660 e. The molecular weight excluding hydrogens is 201 g/mol. The van der Waals surface area contributed by atoms with Gasteiger partial charge >= 0.3 is 0 Å². The molecule has 0 aromatic heterocycles. The van der Waals surface area contributed by atoms with Crippen molar-refractivity contribution in [3.05, 3.63) is 11.7 Å². The zero-order chi connectivity index (χ0) is 6.95. The van der Waals surface area contributed by atoms with Crippen LogP contribution in [-0.2, 0) is 32.7 Å². The van der Waals surface area contributed by atoms with Gasteiger partial charge in [0.05, 0.1) is 0 Å². The molecular formula is C7H16N2Y-2. The van der Waals surface area contributed by atoms with Crippen molar-refractivity contribution < 1.29 is 32.7 Å². The number of rotatable bonds is 0. The van der Waals surface area contributed by atoms with Gasteiger partial charge in [-0.05, 0) is 13.1 Å². The normalized spacial score (nSPS) is 16.2. The predicted octanol–water partition coefficient (Wildman–Crippen LogP) is 1.19. The Morgan fingerprint density at radius 2 is 1.60 bits per heavy atom. The van der Waals surface area contributed by atoms with Gasteiger partial charge in [0.1, 0.15) is 0 Å². The fourth-order valence-corrected chi connectivity index (χ4v) is 0.553. The first-order valence-electron chi connectivity index (χ1n) is 3.49. The van der Waals surface area contributed by atoms with Crippen LogP contribution in [0.5, 0.6) is 0 Å². The van der Waals surface area contributed by atoms with Gasteiger partial charge in [0.25, 0.3) is 0 Å². The molecule has 0 spiro atoms. The summed E-state index contributed by atoms with van der Waals surface area (Å²) in [5, 5.41) is 7.31. The maximum atomic E-state index is 4.11. The van der Waals surface area contributed by atoms with Crippen LogP contribution < -0.4 is 5.32 Å². The van der Waals surface area contributed by atoms with Crippen LogP contribution in [0.2, 0.25) is 0 Å². The molecule has 0 bridgehead atoms. The second-order valence-electron chi connectivity index (χ2n) is 2.00. The fourth-order valence-electron chi connectivity index (χ4n) is 0.553. The third-order valence-electron chi connectivity index (χ3n) is 0.893. The number of hydrogen-bond donors (Lipinski definition) is 1. The Kier molecular flexibility index (Phi) is 17.2. The fraction of sp³-hybridized carbons (Fsp3) is 0.857. The second kappa shape index (κ2) is 12.7. The Balaban J connectivity index is 0. The standard InChI is InChI=1S/C4H9N2.C3H7.Y/c1-2-6-4-3-5-1;1-3-2;/h5H,1-4H2;3H,1-2H3;/q2*-1;. The van der Waals surface area contributed by atoms with E-state index in [0.29, 0.717) is 0 Å². The SMILES string of the molecule is C1CNCC[N-]1.C[CH-]C.[Y]. The smallest absolute Gasteiger partial charge is 0 e. The Morgan fingerprint density at radius 1 is 1.20 bits per heavy atom. The van der Waals surface area contributed by atoms with Gasteiger partial charge in [-0.25, -0.2) is 0 Å². The van der Waals surface area contributed by atoms with Crippen molar-refractivity contribution in [2.75, 3.05) is 26.2 Å². The van der Waals surface area contributed by atoms with Crippen LogP contribution in [0.15, 0.2) is 0 Å². The van der Waals surface area contributed by atoms with E-state index in [2.05, 4.69) is 10.6 Å². The van der Waals surface area contributed by atoms with Gasteiger partial charge in [-0.15, -0.1) is 13.1 Å². The van der Waals surface area contributed by atoms with Gasteiger partial charge < -0.3 is 17.1 Å². The van der Waals surface area contributed by atoms with Crippen LogP contribution in [0.25, 0.3) is 5.32 Å². The summed E-state index contributed by atoms with van der Waals surface area (Å²) in [4.78, 5) is 0. The summed E-state index contributed by atoms with van der Waals surface area (Å²) >= 11 is 0. The molecule has 2 nitrogen and oxygen atoms in total. The predicted molar refractivity (Wildman–Crippen MR) is 41.6 cm³/mol. The molecule has 3 heteroatoms.